The molecule has 0 aliphatic heterocycles. The monoisotopic (exact) mass is 475 g/mol. The van der Waals surface area contributed by atoms with Crippen LogP contribution < -0.4 is 0 Å². The van der Waals surface area contributed by atoms with Crippen molar-refractivity contribution in [3.63, 3.8) is 0 Å². The van der Waals surface area contributed by atoms with Crippen molar-refractivity contribution in [1.29, 1.82) is 0 Å². The fraction of sp³-hybridized carbons (Fsp3) is 0.929. The minimum absolute atomic E-state index is 0.0709. The van der Waals surface area contributed by atoms with Crippen LogP contribution >= 0.6 is 0 Å². The topological polar surface area (TPSA) is 20.2 Å². The number of aliphatic hydroxyl groups excluding tert-OH is 1. The van der Waals surface area contributed by atoms with Crippen LogP contribution in [0.25, 0.3) is 0 Å². The summed E-state index contributed by atoms with van der Waals surface area (Å²) >= 11 is 0.606. The fourth-order valence-corrected chi connectivity index (χ4v) is 10.9. The zero-order valence-electron chi connectivity index (χ0n) is 20.7. The van der Waals surface area contributed by atoms with Crippen LogP contribution in [0, 0.1) is 46.3 Å². The standard InChI is InChI=1S/C28H48OSe/c1-18(2)8-7-9-19(3)22-10-11-23-21-17-26(30-6)25-16-20(29)12-14-28(25,5)24(21)13-15-27(22,23)4/h18-24,29H,7-17H2,1-6H3/t19-,20+,21+,22-,23+,24+,27-,28-/m1/s1/i30-4. The summed E-state index contributed by atoms with van der Waals surface area (Å²) in [5.41, 5.74) is 2.72. The third kappa shape index (κ3) is 3.90. The van der Waals surface area contributed by atoms with E-state index in [1.54, 1.807) is 5.57 Å². The van der Waals surface area contributed by atoms with E-state index < -0.39 is 0 Å². The quantitative estimate of drug-likeness (QED) is 0.395. The van der Waals surface area contributed by atoms with Gasteiger partial charge in [0.05, 0.1) is 0 Å². The number of fused-ring (bicyclic) bond motifs is 5. The first-order valence-electron chi connectivity index (χ1n) is 13.1. The van der Waals surface area contributed by atoms with Gasteiger partial charge in [-0.05, 0) is 0 Å². The van der Waals surface area contributed by atoms with E-state index in [1.807, 2.05) is 4.47 Å². The average molecular weight is 476 g/mol. The van der Waals surface area contributed by atoms with Crippen LogP contribution in [-0.2, 0) is 0 Å². The van der Waals surface area contributed by atoms with Crippen molar-refractivity contribution in [3.8, 4) is 0 Å². The first kappa shape index (κ1) is 23.4. The van der Waals surface area contributed by atoms with Crippen molar-refractivity contribution < 1.29 is 5.11 Å². The predicted octanol–water partition coefficient (Wildman–Crippen LogP) is 7.47. The molecule has 1 nitrogen and oxygen atoms in total. The Hall–Kier alpha value is 0.219. The maximum absolute atomic E-state index is 10.4. The fourth-order valence-electron chi connectivity index (χ4n) is 8.96. The molecule has 0 amide bonds. The van der Waals surface area contributed by atoms with Crippen LogP contribution in [0.2, 0.25) is 5.82 Å². The molecule has 4 rings (SSSR count). The van der Waals surface area contributed by atoms with Gasteiger partial charge in [-0.1, -0.05) is 0 Å². The van der Waals surface area contributed by atoms with Gasteiger partial charge in [0.25, 0.3) is 0 Å². The number of aliphatic hydroxyl groups is 1. The molecule has 0 saturated heterocycles. The molecule has 3 fully saturated rings. The Bertz CT molecular complexity index is 653. The molecule has 0 aromatic rings. The zero-order valence-corrected chi connectivity index (χ0v) is 22.4. The summed E-state index contributed by atoms with van der Waals surface area (Å²) < 4.78 is 1.81. The summed E-state index contributed by atoms with van der Waals surface area (Å²) in [6, 6.07) is 0. The molecule has 0 aromatic heterocycles. The molecule has 0 unspecified atom stereocenters. The Labute approximate surface area is 193 Å². The van der Waals surface area contributed by atoms with Gasteiger partial charge in [0.15, 0.2) is 0 Å². The molecule has 0 aromatic carbocycles. The van der Waals surface area contributed by atoms with Gasteiger partial charge in [0.1, 0.15) is 0 Å². The second kappa shape index (κ2) is 8.87. The number of allylic oxidation sites excluding steroid dienone is 1. The van der Waals surface area contributed by atoms with Gasteiger partial charge in [-0.15, -0.1) is 0 Å². The Morgan fingerprint density at radius 3 is 2.43 bits per heavy atom. The van der Waals surface area contributed by atoms with E-state index in [2.05, 4.69) is 40.4 Å². The molecule has 0 radical (unpaired) electrons. The van der Waals surface area contributed by atoms with Crippen molar-refractivity contribution in [2.75, 3.05) is 0 Å². The third-order valence-corrected chi connectivity index (χ3v) is 12.5. The number of rotatable bonds is 6. The van der Waals surface area contributed by atoms with Gasteiger partial charge in [-0.25, -0.2) is 0 Å². The number of hydrogen-bond donors (Lipinski definition) is 1. The van der Waals surface area contributed by atoms with E-state index in [4.69, 9.17) is 0 Å². The zero-order chi connectivity index (χ0) is 21.7. The average Bonchev–Trinajstić information content (AvgIpc) is 3.05. The van der Waals surface area contributed by atoms with Gasteiger partial charge in [0, 0.05) is 0 Å². The van der Waals surface area contributed by atoms with Crippen molar-refractivity contribution in [1.82, 2.24) is 0 Å². The van der Waals surface area contributed by atoms with Crippen molar-refractivity contribution in [2.24, 2.45) is 46.3 Å². The Morgan fingerprint density at radius 1 is 0.967 bits per heavy atom. The van der Waals surface area contributed by atoms with Crippen molar-refractivity contribution in [2.45, 2.75) is 117 Å². The summed E-state index contributed by atoms with van der Waals surface area (Å²) in [5.74, 6) is 7.92. The second-order valence-corrected chi connectivity index (χ2v) is 14.4. The first-order valence-corrected chi connectivity index (χ1v) is 15.7. The van der Waals surface area contributed by atoms with Gasteiger partial charge in [-0.3, -0.25) is 0 Å². The Morgan fingerprint density at radius 2 is 1.73 bits per heavy atom. The van der Waals surface area contributed by atoms with Crippen molar-refractivity contribution >= 4 is 15.0 Å². The number of hydrogen-bond acceptors (Lipinski definition) is 1. The molecule has 3 saturated carbocycles. The molecule has 4 aliphatic carbocycles. The molecule has 0 bridgehead atoms. The molecule has 8 atom stereocenters. The molecular formula is C28H48OSe. The molecule has 172 valence electrons. The van der Waals surface area contributed by atoms with E-state index in [9.17, 15) is 5.11 Å². The second-order valence-electron chi connectivity index (χ2n) is 12.5. The molecule has 0 heterocycles. The molecule has 2 heteroatoms. The summed E-state index contributed by atoms with van der Waals surface area (Å²) in [5, 5.41) is 10.4. The summed E-state index contributed by atoms with van der Waals surface area (Å²) in [6.45, 7) is 12.7. The summed E-state index contributed by atoms with van der Waals surface area (Å²) in [4.78, 5) is 0. The van der Waals surface area contributed by atoms with Crippen LogP contribution in [0.4, 0.5) is 0 Å². The third-order valence-electron chi connectivity index (χ3n) is 10.6. The summed E-state index contributed by atoms with van der Waals surface area (Å²) in [7, 11) is 0. The first-order chi connectivity index (χ1) is 14.2. The van der Waals surface area contributed by atoms with Crippen LogP contribution in [0.3, 0.4) is 0 Å². The van der Waals surface area contributed by atoms with Gasteiger partial charge in [0.2, 0.25) is 0 Å². The van der Waals surface area contributed by atoms with Crippen LogP contribution in [0.15, 0.2) is 10.0 Å². The maximum atomic E-state index is 10.4. The molecule has 30 heavy (non-hydrogen) atoms. The van der Waals surface area contributed by atoms with E-state index in [0.717, 1.165) is 48.3 Å². The van der Waals surface area contributed by atoms with Gasteiger partial charge >= 0.3 is 194 Å². The van der Waals surface area contributed by atoms with E-state index in [1.165, 1.54) is 57.8 Å². The van der Waals surface area contributed by atoms with Crippen LogP contribution in [0.5, 0.6) is 0 Å². The molecular weight excluding hydrogens is 427 g/mol. The molecule has 4 aliphatic rings. The Kier molecular flexibility index (Phi) is 6.91. The molecule has 0 spiro atoms. The van der Waals surface area contributed by atoms with Gasteiger partial charge < -0.3 is 0 Å². The molecule has 1 N–H and O–H groups in total. The van der Waals surface area contributed by atoms with E-state index in [0.29, 0.717) is 25.8 Å². The van der Waals surface area contributed by atoms with Crippen molar-refractivity contribution in [3.05, 3.63) is 10.0 Å². The van der Waals surface area contributed by atoms with Crippen LogP contribution in [-0.4, -0.2) is 26.2 Å². The van der Waals surface area contributed by atoms with Crippen LogP contribution in [0.1, 0.15) is 105 Å². The SMILES string of the molecule is C[75Se]C1=C2C[C@@H](O)CC[C@]2(C)[C@H]2CC[C@]3(C)[C@@H]([C@H](C)CCCC(C)C)CC[C@H]3[C@@H]2C1. The van der Waals surface area contributed by atoms with E-state index in [-0.39, 0.29) is 6.10 Å². The predicted molar refractivity (Wildman–Crippen MR) is 130 cm³/mol. The normalized spacial score (nSPS) is 44.6. The van der Waals surface area contributed by atoms with Gasteiger partial charge in [-0.2, -0.15) is 0 Å². The minimum atomic E-state index is -0.0709. The summed E-state index contributed by atoms with van der Waals surface area (Å²) in [6.07, 6.45) is 14.8. The van der Waals surface area contributed by atoms with E-state index >= 15 is 0 Å². The Balaban J connectivity index is 1.55.